The largest absolute Gasteiger partial charge is 0.394 e. The summed E-state index contributed by atoms with van der Waals surface area (Å²) in [7, 11) is 0. The van der Waals surface area contributed by atoms with Gasteiger partial charge in [0.15, 0.2) is 6.29 Å². The first kappa shape index (κ1) is 78.6. The Morgan fingerprint density at radius 2 is 0.723 bits per heavy atom. The molecular weight excluding hydrogens is 1030 g/mol. The number of aliphatic hydroxyl groups excluding tert-OH is 5. The summed E-state index contributed by atoms with van der Waals surface area (Å²) in [4.78, 5) is 13.1. The second kappa shape index (κ2) is 62.7. The van der Waals surface area contributed by atoms with Gasteiger partial charge in [-0.05, 0) is 83.5 Å². The highest BCUT2D eigenvalue weighted by Gasteiger charge is 2.44. The Morgan fingerprint density at radius 1 is 0.410 bits per heavy atom. The van der Waals surface area contributed by atoms with Crippen LogP contribution >= 0.6 is 0 Å². The van der Waals surface area contributed by atoms with Crippen LogP contribution in [0.3, 0.4) is 0 Å². The minimum Gasteiger partial charge on any atom is -0.394 e. The average Bonchev–Trinajstić information content (AvgIpc) is 3.60. The first-order chi connectivity index (χ1) is 40.8. The molecule has 0 radical (unpaired) electrons. The number of carbonyl (C=O) groups excluding carboxylic acids is 1. The molecule has 1 heterocycles. The number of aliphatic hydroxyl groups is 5. The van der Waals surface area contributed by atoms with E-state index in [1.807, 2.05) is 6.08 Å². The molecule has 9 nitrogen and oxygen atoms in total. The summed E-state index contributed by atoms with van der Waals surface area (Å²) >= 11 is 0. The zero-order valence-electron chi connectivity index (χ0n) is 54.2. The Balaban J connectivity index is 2.17. The molecule has 1 fully saturated rings. The van der Waals surface area contributed by atoms with E-state index < -0.39 is 49.5 Å². The Labute approximate surface area is 512 Å². The van der Waals surface area contributed by atoms with Crippen molar-refractivity contribution in [3.63, 3.8) is 0 Å². The Hall–Kier alpha value is -2.37. The number of allylic oxidation sites excluding steroid dienone is 11. The van der Waals surface area contributed by atoms with E-state index in [0.717, 1.165) is 57.8 Å². The van der Waals surface area contributed by atoms with Gasteiger partial charge in [-0.2, -0.15) is 0 Å². The van der Waals surface area contributed by atoms with Gasteiger partial charge in [0.25, 0.3) is 0 Å². The molecule has 7 atom stereocenters. The van der Waals surface area contributed by atoms with Crippen molar-refractivity contribution in [1.82, 2.24) is 5.32 Å². The molecule has 6 N–H and O–H groups in total. The standard InChI is InChI=1S/C74H135NO8/c1-3-5-7-9-11-13-15-17-19-21-23-25-27-29-31-33-34-36-37-39-41-43-45-47-49-51-53-55-57-59-61-63-68(77)67(66-82-74-73(81)72(80)71(79)69(65-76)83-74)75-70(78)64-62-60-58-56-54-52-50-48-46-44-42-40-38-35-32-30-28-26-24-22-20-18-16-14-12-10-8-6-4-2/h16,18,22,24,28,30,45,47,53,55,61,63,67-69,71-74,76-77,79-81H,3-15,17,19-21,23,25-27,29,31-44,46,48-52,54,56-60,62,64-66H2,1-2H3,(H,75,78)/b18-16-,24-22-,30-28-,47-45+,55-53+,63-61+. The molecule has 0 aliphatic carbocycles. The van der Waals surface area contributed by atoms with Crippen molar-refractivity contribution >= 4 is 5.91 Å². The predicted molar refractivity (Wildman–Crippen MR) is 355 cm³/mol. The number of hydrogen-bond donors (Lipinski definition) is 6. The van der Waals surface area contributed by atoms with Crippen molar-refractivity contribution in [2.75, 3.05) is 13.2 Å². The fourth-order valence-electron chi connectivity index (χ4n) is 11.1. The summed E-state index contributed by atoms with van der Waals surface area (Å²) in [5.41, 5.74) is 0. The second-order valence-electron chi connectivity index (χ2n) is 24.7. The summed E-state index contributed by atoms with van der Waals surface area (Å²) in [6.07, 6.45) is 81.6. The van der Waals surface area contributed by atoms with Gasteiger partial charge in [0.1, 0.15) is 24.4 Å². The van der Waals surface area contributed by atoms with E-state index in [2.05, 4.69) is 79.9 Å². The predicted octanol–water partition coefficient (Wildman–Crippen LogP) is 19.5. The van der Waals surface area contributed by atoms with Crippen molar-refractivity contribution in [3.05, 3.63) is 72.9 Å². The molecule has 1 aliphatic heterocycles. The lowest BCUT2D eigenvalue weighted by Crippen LogP contribution is -2.60. The van der Waals surface area contributed by atoms with Gasteiger partial charge >= 0.3 is 0 Å². The molecule has 0 aromatic carbocycles. The second-order valence-corrected chi connectivity index (χ2v) is 24.7. The minimum absolute atomic E-state index is 0.189. The number of rotatable bonds is 62. The van der Waals surface area contributed by atoms with Crippen LogP contribution in [-0.2, 0) is 14.3 Å². The highest BCUT2D eigenvalue weighted by Crippen LogP contribution is 2.23. The van der Waals surface area contributed by atoms with Gasteiger partial charge < -0.3 is 40.3 Å². The van der Waals surface area contributed by atoms with E-state index in [9.17, 15) is 30.3 Å². The van der Waals surface area contributed by atoms with Crippen molar-refractivity contribution in [3.8, 4) is 0 Å². The first-order valence-corrected chi connectivity index (χ1v) is 35.7. The van der Waals surface area contributed by atoms with Gasteiger partial charge in [-0.25, -0.2) is 0 Å². The third-order valence-corrected chi connectivity index (χ3v) is 16.7. The normalized spacial score (nSPS) is 18.7. The van der Waals surface area contributed by atoms with Crippen molar-refractivity contribution in [2.45, 2.75) is 378 Å². The topological polar surface area (TPSA) is 149 Å². The van der Waals surface area contributed by atoms with Crippen LogP contribution in [0.1, 0.15) is 335 Å². The molecule has 484 valence electrons. The van der Waals surface area contributed by atoms with Crippen LogP contribution < -0.4 is 5.32 Å². The molecule has 83 heavy (non-hydrogen) atoms. The van der Waals surface area contributed by atoms with Crippen LogP contribution in [0.25, 0.3) is 0 Å². The molecular formula is C74H135NO8. The molecule has 0 saturated carbocycles. The molecule has 7 unspecified atom stereocenters. The van der Waals surface area contributed by atoms with E-state index in [1.165, 1.54) is 257 Å². The number of hydrogen-bond acceptors (Lipinski definition) is 8. The first-order valence-electron chi connectivity index (χ1n) is 35.7. The van der Waals surface area contributed by atoms with Crippen molar-refractivity contribution < 1.29 is 39.8 Å². The highest BCUT2D eigenvalue weighted by molar-refractivity contribution is 5.76. The molecule has 0 aromatic rings. The van der Waals surface area contributed by atoms with E-state index >= 15 is 0 Å². The lowest BCUT2D eigenvalue weighted by Gasteiger charge is -2.40. The lowest BCUT2D eigenvalue weighted by molar-refractivity contribution is -0.302. The molecule has 0 bridgehead atoms. The Morgan fingerprint density at radius 3 is 1.10 bits per heavy atom. The van der Waals surface area contributed by atoms with Crippen molar-refractivity contribution in [1.29, 1.82) is 0 Å². The van der Waals surface area contributed by atoms with E-state index in [4.69, 9.17) is 9.47 Å². The zero-order valence-corrected chi connectivity index (χ0v) is 54.2. The molecule has 0 spiro atoms. The summed E-state index contributed by atoms with van der Waals surface area (Å²) in [6.45, 7) is 3.78. The quantitative estimate of drug-likeness (QED) is 0.0261. The summed E-state index contributed by atoms with van der Waals surface area (Å²) in [5, 5.41) is 54.7. The number of unbranched alkanes of at least 4 members (excludes halogenated alkanes) is 42. The van der Waals surface area contributed by atoms with Crippen LogP contribution in [0.15, 0.2) is 72.9 Å². The Bertz CT molecular complexity index is 1540. The number of carbonyl (C=O) groups is 1. The van der Waals surface area contributed by atoms with Gasteiger partial charge in [-0.1, -0.05) is 318 Å². The molecule has 1 saturated heterocycles. The van der Waals surface area contributed by atoms with Crippen LogP contribution in [0, 0.1) is 0 Å². The molecule has 1 rings (SSSR count). The van der Waals surface area contributed by atoms with E-state index in [1.54, 1.807) is 6.08 Å². The fourth-order valence-corrected chi connectivity index (χ4v) is 11.1. The molecule has 1 amide bonds. The van der Waals surface area contributed by atoms with Crippen LogP contribution in [0.5, 0.6) is 0 Å². The molecule has 1 aliphatic rings. The van der Waals surface area contributed by atoms with Gasteiger partial charge in [0.2, 0.25) is 5.91 Å². The fraction of sp³-hybridized carbons (Fsp3) is 0.824. The SMILES string of the molecule is CCCCCCC/C=C\C/C=C\C/C=C\CCCCCCCCCCCCCCCCC(=O)NC(COC1OC(CO)C(O)C(O)C1O)C(O)/C=C/CC/C=C/CC/C=C/CCCCCCCCCCCCCCCCCCCCCCC. The van der Waals surface area contributed by atoms with E-state index in [0.29, 0.717) is 6.42 Å². The maximum atomic E-state index is 13.1. The van der Waals surface area contributed by atoms with Crippen LogP contribution in [-0.4, -0.2) is 87.5 Å². The lowest BCUT2D eigenvalue weighted by atomic mass is 9.99. The zero-order chi connectivity index (χ0) is 60.0. The summed E-state index contributed by atoms with van der Waals surface area (Å²) in [6, 6.07) is -0.834. The molecule has 0 aromatic heterocycles. The Kier molecular flexibility index (Phi) is 59.4. The number of nitrogens with one attached hydrogen (secondary N) is 1. The van der Waals surface area contributed by atoms with Crippen LogP contribution in [0.2, 0.25) is 0 Å². The smallest absolute Gasteiger partial charge is 0.220 e. The third kappa shape index (κ3) is 51.4. The van der Waals surface area contributed by atoms with Gasteiger partial charge in [0.05, 0.1) is 25.4 Å². The maximum Gasteiger partial charge on any atom is 0.220 e. The van der Waals surface area contributed by atoms with Gasteiger partial charge in [-0.3, -0.25) is 4.79 Å². The number of ether oxygens (including phenoxy) is 2. The highest BCUT2D eigenvalue weighted by atomic mass is 16.7. The van der Waals surface area contributed by atoms with Crippen LogP contribution in [0.4, 0.5) is 0 Å². The number of amides is 1. The van der Waals surface area contributed by atoms with Gasteiger partial charge in [0, 0.05) is 6.42 Å². The van der Waals surface area contributed by atoms with Crippen molar-refractivity contribution in [2.24, 2.45) is 0 Å². The van der Waals surface area contributed by atoms with E-state index in [-0.39, 0.29) is 12.5 Å². The maximum absolute atomic E-state index is 13.1. The molecule has 9 heteroatoms. The monoisotopic (exact) mass is 1170 g/mol. The summed E-state index contributed by atoms with van der Waals surface area (Å²) < 4.78 is 11.3. The van der Waals surface area contributed by atoms with Gasteiger partial charge in [-0.15, -0.1) is 0 Å². The average molecular weight is 1170 g/mol. The minimum atomic E-state index is -1.58. The third-order valence-electron chi connectivity index (χ3n) is 16.7. The summed E-state index contributed by atoms with van der Waals surface area (Å²) in [5.74, 6) is -0.189.